The van der Waals surface area contributed by atoms with E-state index in [0.717, 1.165) is 6.42 Å². The number of carbonyl (C=O) groups excluding carboxylic acids is 1. The van der Waals surface area contributed by atoms with Gasteiger partial charge in [-0.2, -0.15) is 0 Å². The molecule has 0 aliphatic carbocycles. The van der Waals surface area contributed by atoms with Crippen LogP contribution in [0.1, 0.15) is 15.2 Å². The Kier molecular flexibility index (Phi) is 4.35. The van der Waals surface area contributed by atoms with Crippen molar-refractivity contribution in [2.45, 2.75) is 6.42 Å². The van der Waals surface area contributed by atoms with Crippen LogP contribution in [0.5, 0.6) is 0 Å². The number of nitrogens with two attached hydrogens (primary N) is 1. The molecular weight excluding hydrogens is 262 g/mol. The summed E-state index contributed by atoms with van der Waals surface area (Å²) in [6, 6.07) is 5.65. The number of aromatic nitrogens is 1. The molecule has 0 fully saturated rings. The van der Waals surface area contributed by atoms with Gasteiger partial charge in [-0.15, -0.1) is 11.3 Å². The number of methoxy groups -OCH3 is 1. The summed E-state index contributed by atoms with van der Waals surface area (Å²) < 4.78 is 4.71. The first-order valence-corrected chi connectivity index (χ1v) is 6.68. The zero-order valence-electron chi connectivity index (χ0n) is 10.6. The number of hydrogen-bond acceptors (Lipinski definition) is 6. The molecule has 0 radical (unpaired) electrons. The van der Waals surface area contributed by atoms with E-state index in [-0.39, 0.29) is 0 Å². The van der Waals surface area contributed by atoms with Crippen LogP contribution < -0.4 is 11.1 Å². The Hall–Kier alpha value is -2.08. The van der Waals surface area contributed by atoms with E-state index in [2.05, 4.69) is 16.4 Å². The Labute approximate surface area is 115 Å². The van der Waals surface area contributed by atoms with Crippen LogP contribution in [0.2, 0.25) is 0 Å². The third-order valence-electron chi connectivity index (χ3n) is 2.56. The topological polar surface area (TPSA) is 77.2 Å². The molecule has 2 rings (SSSR count). The summed E-state index contributed by atoms with van der Waals surface area (Å²) in [7, 11) is 1.33. The van der Waals surface area contributed by atoms with Crippen LogP contribution in [0.25, 0.3) is 0 Å². The molecule has 0 saturated heterocycles. The lowest BCUT2D eigenvalue weighted by molar-refractivity contribution is 0.0601. The van der Waals surface area contributed by atoms with Crippen LogP contribution in [0.4, 0.5) is 11.5 Å². The van der Waals surface area contributed by atoms with Gasteiger partial charge in [0.1, 0.15) is 11.4 Å². The second kappa shape index (κ2) is 6.19. The molecule has 0 bridgehead atoms. The number of esters is 1. The number of hydrogen-bond donors (Lipinski definition) is 2. The Morgan fingerprint density at radius 1 is 1.58 bits per heavy atom. The van der Waals surface area contributed by atoms with Gasteiger partial charge in [0.05, 0.1) is 19.0 Å². The van der Waals surface area contributed by atoms with E-state index in [4.69, 9.17) is 10.5 Å². The molecule has 0 spiro atoms. The summed E-state index contributed by atoms with van der Waals surface area (Å²) in [6.45, 7) is 0.696. The summed E-state index contributed by atoms with van der Waals surface area (Å²) in [4.78, 5) is 17.0. The highest BCUT2D eigenvalue weighted by Crippen LogP contribution is 2.17. The maximum atomic E-state index is 11.6. The van der Waals surface area contributed by atoms with Crippen LogP contribution in [0.15, 0.2) is 29.8 Å². The lowest BCUT2D eigenvalue weighted by Gasteiger charge is -2.09. The van der Waals surface area contributed by atoms with Gasteiger partial charge < -0.3 is 15.8 Å². The smallest absolute Gasteiger partial charge is 0.341 e. The monoisotopic (exact) mass is 277 g/mol. The summed E-state index contributed by atoms with van der Waals surface area (Å²) in [5.41, 5.74) is 6.42. The van der Waals surface area contributed by atoms with Crippen molar-refractivity contribution in [2.75, 3.05) is 24.7 Å². The van der Waals surface area contributed by atoms with E-state index in [1.54, 1.807) is 17.4 Å². The molecule has 100 valence electrons. The van der Waals surface area contributed by atoms with Gasteiger partial charge in [0.15, 0.2) is 0 Å². The molecule has 2 aromatic heterocycles. The van der Waals surface area contributed by atoms with Crippen LogP contribution in [0, 0.1) is 0 Å². The van der Waals surface area contributed by atoms with Crippen molar-refractivity contribution in [3.63, 3.8) is 0 Å². The van der Waals surface area contributed by atoms with Crippen molar-refractivity contribution < 1.29 is 9.53 Å². The average Bonchev–Trinajstić information content (AvgIpc) is 2.92. The molecule has 0 atom stereocenters. The minimum atomic E-state index is -0.446. The number of nitrogens with zero attached hydrogens (tertiary/aromatic N) is 1. The van der Waals surface area contributed by atoms with Gasteiger partial charge >= 0.3 is 5.97 Å². The third kappa shape index (κ3) is 3.45. The fraction of sp³-hybridized carbons (Fsp3) is 0.231. The largest absolute Gasteiger partial charge is 0.465 e. The highest BCUT2D eigenvalue weighted by Gasteiger charge is 2.13. The predicted octanol–water partition coefficient (Wildman–Crippen LogP) is 2.17. The molecule has 2 aromatic rings. The first kappa shape index (κ1) is 13.4. The molecule has 0 unspecified atom stereocenters. The van der Waals surface area contributed by atoms with Crippen molar-refractivity contribution in [3.8, 4) is 0 Å². The number of carbonyl (C=O) groups is 1. The lowest BCUT2D eigenvalue weighted by atomic mass is 10.2. The summed E-state index contributed by atoms with van der Waals surface area (Å²) >= 11 is 1.70. The number of nitrogens with one attached hydrogen (secondary N) is 1. The summed E-state index contributed by atoms with van der Waals surface area (Å²) in [5, 5.41) is 5.17. The molecule has 5 nitrogen and oxygen atoms in total. The number of nitrogen functional groups attached to an aromatic ring is 1. The quantitative estimate of drug-likeness (QED) is 0.819. The third-order valence-corrected chi connectivity index (χ3v) is 3.49. The Balaban J connectivity index is 2.04. The second-order valence-corrected chi connectivity index (χ2v) is 4.94. The number of rotatable bonds is 5. The minimum Gasteiger partial charge on any atom is -0.465 e. The van der Waals surface area contributed by atoms with Crippen molar-refractivity contribution >= 4 is 28.8 Å². The molecule has 19 heavy (non-hydrogen) atoms. The van der Waals surface area contributed by atoms with Crippen molar-refractivity contribution in [2.24, 2.45) is 0 Å². The van der Waals surface area contributed by atoms with Crippen LogP contribution >= 0.6 is 11.3 Å². The summed E-state index contributed by atoms with van der Waals surface area (Å²) in [6.07, 6.45) is 2.39. The van der Waals surface area contributed by atoms with E-state index in [0.29, 0.717) is 23.6 Å². The molecule has 0 amide bonds. The van der Waals surface area contributed by atoms with Gasteiger partial charge in [-0.05, 0) is 23.9 Å². The molecule has 0 saturated carbocycles. The number of anilines is 2. The first-order valence-electron chi connectivity index (χ1n) is 5.81. The van der Waals surface area contributed by atoms with Crippen LogP contribution in [-0.2, 0) is 11.2 Å². The van der Waals surface area contributed by atoms with Gasteiger partial charge in [0, 0.05) is 11.4 Å². The van der Waals surface area contributed by atoms with E-state index < -0.39 is 5.97 Å². The molecular formula is C13H15N3O2S. The minimum absolute atomic E-state index is 0.355. The number of pyridine rings is 1. The van der Waals surface area contributed by atoms with Gasteiger partial charge in [-0.3, -0.25) is 0 Å². The second-order valence-electron chi connectivity index (χ2n) is 3.91. The summed E-state index contributed by atoms with van der Waals surface area (Å²) in [5.74, 6) is 0.0519. The highest BCUT2D eigenvalue weighted by atomic mass is 32.1. The molecule has 3 N–H and O–H groups in total. The van der Waals surface area contributed by atoms with Crippen molar-refractivity contribution in [3.05, 3.63) is 40.2 Å². The lowest BCUT2D eigenvalue weighted by Crippen LogP contribution is -2.12. The van der Waals surface area contributed by atoms with Gasteiger partial charge in [0.2, 0.25) is 0 Å². The SMILES string of the molecule is COC(=O)c1cc(N)cnc1NCCc1cccs1. The predicted molar refractivity (Wildman–Crippen MR) is 76.5 cm³/mol. The zero-order valence-corrected chi connectivity index (χ0v) is 11.4. The van der Waals surface area contributed by atoms with E-state index in [9.17, 15) is 4.79 Å². The fourth-order valence-corrected chi connectivity index (χ4v) is 2.36. The Bertz CT molecular complexity index is 555. The fourth-order valence-electron chi connectivity index (χ4n) is 1.65. The normalized spacial score (nSPS) is 10.2. The molecule has 2 heterocycles. The number of thiophene rings is 1. The standard InChI is InChI=1S/C13H15N3O2S/c1-18-13(17)11-7-9(14)8-16-12(11)15-5-4-10-3-2-6-19-10/h2-3,6-8H,4-5,14H2,1H3,(H,15,16). The highest BCUT2D eigenvalue weighted by molar-refractivity contribution is 7.09. The van der Waals surface area contributed by atoms with E-state index >= 15 is 0 Å². The van der Waals surface area contributed by atoms with Gasteiger partial charge in [-0.1, -0.05) is 6.07 Å². The van der Waals surface area contributed by atoms with E-state index in [1.165, 1.54) is 18.2 Å². The number of ether oxygens (including phenoxy) is 1. The maximum absolute atomic E-state index is 11.6. The van der Waals surface area contributed by atoms with Crippen LogP contribution in [-0.4, -0.2) is 24.6 Å². The van der Waals surface area contributed by atoms with Crippen LogP contribution in [0.3, 0.4) is 0 Å². The molecule has 6 heteroatoms. The van der Waals surface area contributed by atoms with Gasteiger partial charge in [0.25, 0.3) is 0 Å². The first-order chi connectivity index (χ1) is 9.20. The average molecular weight is 277 g/mol. The van der Waals surface area contributed by atoms with Crippen molar-refractivity contribution in [1.82, 2.24) is 4.98 Å². The van der Waals surface area contributed by atoms with Crippen molar-refractivity contribution in [1.29, 1.82) is 0 Å². The van der Waals surface area contributed by atoms with Gasteiger partial charge in [-0.25, -0.2) is 9.78 Å². The molecule has 0 aliphatic heterocycles. The maximum Gasteiger partial charge on any atom is 0.341 e. The Morgan fingerprint density at radius 3 is 3.11 bits per heavy atom. The van der Waals surface area contributed by atoms with E-state index in [1.807, 2.05) is 11.4 Å². The molecule has 0 aliphatic rings. The Morgan fingerprint density at radius 2 is 2.42 bits per heavy atom. The zero-order chi connectivity index (χ0) is 13.7. The molecule has 0 aromatic carbocycles.